The van der Waals surface area contributed by atoms with Gasteiger partial charge >= 0.3 is 17.9 Å². The van der Waals surface area contributed by atoms with E-state index in [4.69, 9.17) is 15.3 Å². The molecule has 0 fully saturated rings. The number of rotatable bonds is 6. The van der Waals surface area contributed by atoms with Gasteiger partial charge in [-0.15, -0.1) is 26.3 Å². The molecule has 0 heterocycles. The summed E-state index contributed by atoms with van der Waals surface area (Å²) in [6.45, 7) is 10.2. The molecule has 0 aromatic heterocycles. The summed E-state index contributed by atoms with van der Waals surface area (Å²) in [6, 6.07) is 0. The maximum absolute atomic E-state index is 10.1. The zero-order valence-corrected chi connectivity index (χ0v) is 9.46. The lowest BCUT2D eigenvalue weighted by molar-refractivity contribution is -0.144. The molecule has 98 valence electrons. The van der Waals surface area contributed by atoms with Gasteiger partial charge in [-0.2, -0.15) is 0 Å². The van der Waals surface area contributed by atoms with Crippen molar-refractivity contribution in [3.8, 4) is 0 Å². The average molecular weight is 247 g/mol. The van der Waals surface area contributed by atoms with Crippen LogP contribution in [-0.4, -0.2) is 57.8 Å². The predicted molar refractivity (Wildman–Crippen MR) is 61.9 cm³/mol. The monoisotopic (exact) mass is 247 g/mol. The Balaban J connectivity index is -0.000000439. The van der Waals surface area contributed by atoms with Crippen LogP contribution < -0.4 is 0 Å². The summed E-state index contributed by atoms with van der Waals surface area (Å²) in [7, 11) is 0. The summed E-state index contributed by atoms with van der Waals surface area (Å²) in [6.07, 6.45) is 0. The van der Waals surface area contributed by atoms with Gasteiger partial charge in [-0.1, -0.05) is 0 Å². The summed E-state index contributed by atoms with van der Waals surface area (Å²) in [5.41, 5.74) is 0. The number of carboxylic acid groups (broad SMARTS) is 3. The van der Waals surface area contributed by atoms with Gasteiger partial charge in [0.15, 0.2) is 0 Å². The number of hydrogen-bond donors (Lipinski definition) is 3. The third-order valence-corrected chi connectivity index (χ3v) is 1.08. The van der Waals surface area contributed by atoms with E-state index >= 15 is 0 Å². The van der Waals surface area contributed by atoms with Crippen molar-refractivity contribution >= 4 is 17.9 Å². The SMILES string of the molecule is C=C.C=C.O=C(O)CN(CC(=O)O)CC(=O)O. The molecule has 7 heteroatoms. The van der Waals surface area contributed by atoms with E-state index in [-0.39, 0.29) is 0 Å². The van der Waals surface area contributed by atoms with Gasteiger partial charge < -0.3 is 15.3 Å². The first-order chi connectivity index (χ1) is 7.91. The first-order valence-corrected chi connectivity index (χ1v) is 4.29. The lowest BCUT2D eigenvalue weighted by atomic mass is 10.4. The van der Waals surface area contributed by atoms with Crippen molar-refractivity contribution in [2.75, 3.05) is 19.6 Å². The van der Waals surface area contributed by atoms with Gasteiger partial charge in [0.05, 0.1) is 19.6 Å². The summed E-state index contributed by atoms with van der Waals surface area (Å²) in [5, 5.41) is 24.8. The molecule has 0 unspecified atom stereocenters. The number of nitrogens with zero attached hydrogens (tertiary/aromatic N) is 1. The first kappa shape index (κ1) is 20.3. The molecule has 0 saturated heterocycles. The highest BCUT2D eigenvalue weighted by Crippen LogP contribution is 1.87. The molecule has 7 nitrogen and oxygen atoms in total. The number of carboxylic acids is 3. The predicted octanol–water partition coefficient (Wildman–Crippen LogP) is 0.147. The van der Waals surface area contributed by atoms with E-state index in [0.717, 1.165) is 4.90 Å². The first-order valence-electron chi connectivity index (χ1n) is 4.29. The number of aliphatic carboxylic acids is 3. The molecule has 0 aromatic rings. The molecular formula is C10H17NO6. The lowest BCUT2D eigenvalue weighted by Crippen LogP contribution is -2.38. The minimum Gasteiger partial charge on any atom is -0.480 e. The van der Waals surface area contributed by atoms with E-state index in [2.05, 4.69) is 26.3 Å². The van der Waals surface area contributed by atoms with Gasteiger partial charge in [0.2, 0.25) is 0 Å². The Bertz CT molecular complexity index is 213. The Morgan fingerprint density at radius 2 is 0.882 bits per heavy atom. The molecule has 0 aromatic carbocycles. The van der Waals surface area contributed by atoms with Crippen LogP contribution in [0.5, 0.6) is 0 Å². The summed E-state index contributed by atoms with van der Waals surface area (Å²) in [5.74, 6) is -3.78. The minimum atomic E-state index is -1.26. The van der Waals surface area contributed by atoms with Gasteiger partial charge in [0, 0.05) is 0 Å². The van der Waals surface area contributed by atoms with Crippen LogP contribution in [0.25, 0.3) is 0 Å². The van der Waals surface area contributed by atoms with Crippen LogP contribution in [0.15, 0.2) is 26.3 Å². The molecule has 0 spiro atoms. The molecule has 0 aliphatic heterocycles. The maximum atomic E-state index is 10.1. The highest BCUT2D eigenvalue weighted by atomic mass is 16.4. The van der Waals surface area contributed by atoms with Crippen LogP contribution in [0, 0.1) is 0 Å². The van der Waals surface area contributed by atoms with Crippen molar-refractivity contribution in [2.24, 2.45) is 0 Å². The molecule has 0 aliphatic rings. The zero-order chi connectivity index (χ0) is 14.4. The highest BCUT2D eigenvalue weighted by molar-refractivity contribution is 5.75. The smallest absolute Gasteiger partial charge is 0.317 e. The van der Waals surface area contributed by atoms with Crippen molar-refractivity contribution in [1.82, 2.24) is 4.90 Å². The second kappa shape index (κ2) is 13.8. The normalized spacial score (nSPS) is 8.06. The molecule has 17 heavy (non-hydrogen) atoms. The molecule has 0 amide bonds. The summed E-state index contributed by atoms with van der Waals surface area (Å²) in [4.78, 5) is 31.2. The third-order valence-electron chi connectivity index (χ3n) is 1.08. The molecule has 0 aliphatic carbocycles. The van der Waals surface area contributed by atoms with E-state index in [1.54, 1.807) is 0 Å². The lowest BCUT2D eigenvalue weighted by Gasteiger charge is -2.14. The van der Waals surface area contributed by atoms with Crippen LogP contribution in [0.4, 0.5) is 0 Å². The molecule has 0 rings (SSSR count). The quantitative estimate of drug-likeness (QED) is 0.572. The molecule has 0 bridgehead atoms. The Morgan fingerprint density at radius 1 is 0.706 bits per heavy atom. The van der Waals surface area contributed by atoms with E-state index < -0.39 is 37.5 Å². The Labute approximate surface area is 99.3 Å². The second-order valence-electron chi connectivity index (χ2n) is 2.33. The van der Waals surface area contributed by atoms with Crippen molar-refractivity contribution in [3.05, 3.63) is 26.3 Å². The molecule has 0 radical (unpaired) electrons. The Hall–Kier alpha value is -2.15. The topological polar surface area (TPSA) is 115 Å². The van der Waals surface area contributed by atoms with Gasteiger partial charge in [-0.3, -0.25) is 19.3 Å². The fourth-order valence-corrected chi connectivity index (χ4v) is 0.742. The van der Waals surface area contributed by atoms with E-state index in [1.165, 1.54) is 0 Å². The fourth-order valence-electron chi connectivity index (χ4n) is 0.742. The van der Waals surface area contributed by atoms with E-state index in [9.17, 15) is 14.4 Å². The van der Waals surface area contributed by atoms with Crippen LogP contribution in [0.1, 0.15) is 0 Å². The van der Waals surface area contributed by atoms with Crippen molar-refractivity contribution < 1.29 is 29.7 Å². The van der Waals surface area contributed by atoms with Crippen molar-refractivity contribution in [1.29, 1.82) is 0 Å². The van der Waals surface area contributed by atoms with Crippen LogP contribution >= 0.6 is 0 Å². The van der Waals surface area contributed by atoms with Crippen LogP contribution in [-0.2, 0) is 14.4 Å². The van der Waals surface area contributed by atoms with Gasteiger partial charge in [0.1, 0.15) is 0 Å². The minimum absolute atomic E-state index is 0.599. The molecule has 0 atom stereocenters. The molecule has 3 N–H and O–H groups in total. The molecule has 0 saturated carbocycles. The summed E-state index contributed by atoms with van der Waals surface area (Å²) >= 11 is 0. The summed E-state index contributed by atoms with van der Waals surface area (Å²) < 4.78 is 0. The van der Waals surface area contributed by atoms with Gasteiger partial charge in [-0.25, -0.2) is 0 Å². The van der Waals surface area contributed by atoms with Crippen molar-refractivity contribution in [2.45, 2.75) is 0 Å². The van der Waals surface area contributed by atoms with Gasteiger partial charge in [-0.05, 0) is 0 Å². The van der Waals surface area contributed by atoms with E-state index in [1.807, 2.05) is 0 Å². The van der Waals surface area contributed by atoms with Crippen molar-refractivity contribution in [3.63, 3.8) is 0 Å². The fraction of sp³-hybridized carbons (Fsp3) is 0.300. The highest BCUT2D eigenvalue weighted by Gasteiger charge is 2.15. The number of carbonyl (C=O) groups is 3. The zero-order valence-electron chi connectivity index (χ0n) is 9.46. The van der Waals surface area contributed by atoms with Gasteiger partial charge in [0.25, 0.3) is 0 Å². The maximum Gasteiger partial charge on any atom is 0.317 e. The Morgan fingerprint density at radius 3 is 1.00 bits per heavy atom. The standard InChI is InChI=1S/C6H9NO6.2C2H4/c8-4(9)1-7(2-5(10)11)3-6(12)13;2*1-2/h1-3H2,(H,8,9)(H,10,11)(H,12,13);2*1-2H2. The largest absolute Gasteiger partial charge is 0.480 e. The molecular weight excluding hydrogens is 230 g/mol. The third kappa shape index (κ3) is 20.0. The van der Waals surface area contributed by atoms with E-state index in [0.29, 0.717) is 0 Å². The van der Waals surface area contributed by atoms with Crippen LogP contribution in [0.2, 0.25) is 0 Å². The second-order valence-corrected chi connectivity index (χ2v) is 2.33. The van der Waals surface area contributed by atoms with Crippen LogP contribution in [0.3, 0.4) is 0 Å². The number of hydrogen-bond acceptors (Lipinski definition) is 4. The Kier molecular flexibility index (Phi) is 16.5. The average Bonchev–Trinajstić information content (AvgIpc) is 2.20.